The second-order valence-corrected chi connectivity index (χ2v) is 3.30. The number of aromatic nitrogens is 2. The lowest BCUT2D eigenvalue weighted by Crippen LogP contribution is -2.26. The fourth-order valence-corrected chi connectivity index (χ4v) is 1.59. The molecule has 0 saturated carbocycles. The third-order valence-corrected chi connectivity index (χ3v) is 2.34. The molecule has 0 bridgehead atoms. The molecule has 6 nitrogen and oxygen atoms in total. The summed E-state index contributed by atoms with van der Waals surface area (Å²) in [7, 11) is 1.78. The minimum absolute atomic E-state index is 0.140. The van der Waals surface area contributed by atoms with Crippen molar-refractivity contribution in [2.45, 2.75) is 13.3 Å². The minimum Gasteiger partial charge on any atom is -0.373 e. The second kappa shape index (κ2) is 6.29. The highest BCUT2D eigenvalue weighted by atomic mass is 15.2. The Balaban J connectivity index is 3.19. The highest BCUT2D eigenvalue weighted by molar-refractivity contribution is 5.59. The van der Waals surface area contributed by atoms with Gasteiger partial charge in [0.15, 0.2) is 0 Å². The molecule has 0 atom stereocenters. The molecule has 1 rings (SSSR count). The maximum atomic E-state index is 8.75. The van der Waals surface area contributed by atoms with E-state index in [9.17, 15) is 0 Å². The average Bonchev–Trinajstić information content (AvgIpc) is 2.37. The third kappa shape index (κ3) is 2.82. The zero-order valence-electron chi connectivity index (χ0n) is 9.93. The summed E-state index contributed by atoms with van der Waals surface area (Å²) in [6.07, 6.45) is 2.17. The van der Waals surface area contributed by atoms with Gasteiger partial charge in [0, 0.05) is 12.6 Å². The van der Waals surface area contributed by atoms with Crippen LogP contribution in [0.5, 0.6) is 0 Å². The standard InChI is InChI=1S/C11H14N6/c1-3-9-10(14-2)15-8-16-11(9)17(6-4-12)7-5-13/h8H,3,6-7H2,1-2H3,(H,14,15,16). The van der Waals surface area contributed by atoms with Gasteiger partial charge in [0.1, 0.15) is 31.1 Å². The Morgan fingerprint density at radius 2 is 1.94 bits per heavy atom. The Hall–Kier alpha value is -2.34. The van der Waals surface area contributed by atoms with Crippen LogP contribution in [0.3, 0.4) is 0 Å². The minimum atomic E-state index is 0.140. The van der Waals surface area contributed by atoms with Crippen molar-refractivity contribution in [3.05, 3.63) is 11.9 Å². The monoisotopic (exact) mass is 230 g/mol. The highest BCUT2D eigenvalue weighted by Crippen LogP contribution is 2.23. The van der Waals surface area contributed by atoms with Gasteiger partial charge in [-0.25, -0.2) is 9.97 Å². The van der Waals surface area contributed by atoms with Crippen molar-refractivity contribution >= 4 is 11.6 Å². The van der Waals surface area contributed by atoms with Crippen LogP contribution in [0.4, 0.5) is 11.6 Å². The zero-order chi connectivity index (χ0) is 12.7. The van der Waals surface area contributed by atoms with Crippen molar-refractivity contribution in [3.8, 4) is 12.1 Å². The van der Waals surface area contributed by atoms with Crippen molar-refractivity contribution < 1.29 is 0 Å². The number of hydrogen-bond donors (Lipinski definition) is 1. The van der Waals surface area contributed by atoms with Gasteiger partial charge in [-0.2, -0.15) is 10.5 Å². The number of nitrogens with zero attached hydrogens (tertiary/aromatic N) is 5. The van der Waals surface area contributed by atoms with E-state index < -0.39 is 0 Å². The molecular weight excluding hydrogens is 216 g/mol. The molecule has 0 radical (unpaired) electrons. The van der Waals surface area contributed by atoms with Crippen LogP contribution < -0.4 is 10.2 Å². The molecule has 0 aliphatic carbocycles. The SMILES string of the molecule is CCc1c(NC)ncnc1N(CC#N)CC#N. The molecule has 0 saturated heterocycles. The van der Waals surface area contributed by atoms with Crippen LogP contribution >= 0.6 is 0 Å². The van der Waals surface area contributed by atoms with Crippen LogP contribution in [0.15, 0.2) is 6.33 Å². The van der Waals surface area contributed by atoms with Crippen LogP contribution in [0, 0.1) is 22.7 Å². The number of rotatable bonds is 5. The summed E-state index contributed by atoms with van der Waals surface area (Å²) in [6, 6.07) is 4.07. The molecule has 0 aliphatic heterocycles. The van der Waals surface area contributed by atoms with Gasteiger partial charge >= 0.3 is 0 Å². The third-order valence-electron chi connectivity index (χ3n) is 2.34. The lowest BCUT2D eigenvalue weighted by molar-refractivity contribution is 0.899. The average molecular weight is 230 g/mol. The van der Waals surface area contributed by atoms with Crippen LogP contribution in [-0.2, 0) is 6.42 Å². The first-order chi connectivity index (χ1) is 8.28. The van der Waals surface area contributed by atoms with Crippen molar-refractivity contribution in [1.82, 2.24) is 9.97 Å². The van der Waals surface area contributed by atoms with Gasteiger partial charge < -0.3 is 10.2 Å². The lowest BCUT2D eigenvalue weighted by atomic mass is 10.2. The van der Waals surface area contributed by atoms with Crippen molar-refractivity contribution in [1.29, 1.82) is 10.5 Å². The van der Waals surface area contributed by atoms with Gasteiger partial charge in [0.2, 0.25) is 0 Å². The molecule has 0 unspecified atom stereocenters. The van der Waals surface area contributed by atoms with E-state index in [1.807, 2.05) is 19.1 Å². The summed E-state index contributed by atoms with van der Waals surface area (Å²) in [5.74, 6) is 1.38. The molecule has 1 heterocycles. The van der Waals surface area contributed by atoms with Crippen molar-refractivity contribution in [2.24, 2.45) is 0 Å². The molecule has 88 valence electrons. The van der Waals surface area contributed by atoms with E-state index in [1.165, 1.54) is 6.33 Å². The molecule has 0 spiro atoms. The lowest BCUT2D eigenvalue weighted by Gasteiger charge is -2.20. The van der Waals surface area contributed by atoms with E-state index in [1.54, 1.807) is 11.9 Å². The first-order valence-electron chi connectivity index (χ1n) is 5.28. The Morgan fingerprint density at radius 3 is 2.41 bits per heavy atom. The van der Waals surface area contributed by atoms with E-state index in [2.05, 4.69) is 15.3 Å². The normalized spacial score (nSPS) is 9.18. The first kappa shape index (κ1) is 12.7. The van der Waals surface area contributed by atoms with Crippen LogP contribution in [-0.4, -0.2) is 30.1 Å². The number of hydrogen-bond acceptors (Lipinski definition) is 6. The van der Waals surface area contributed by atoms with E-state index in [4.69, 9.17) is 10.5 Å². The topological polar surface area (TPSA) is 88.6 Å². The summed E-state index contributed by atoms with van der Waals surface area (Å²) in [5, 5.41) is 20.5. The van der Waals surface area contributed by atoms with Gasteiger partial charge in [0.05, 0.1) is 12.1 Å². The van der Waals surface area contributed by atoms with Gasteiger partial charge in [-0.15, -0.1) is 0 Å². The van der Waals surface area contributed by atoms with Gasteiger partial charge in [-0.05, 0) is 6.42 Å². The molecule has 1 aromatic rings. The predicted octanol–water partition coefficient (Wildman–Crippen LogP) is 0.934. The van der Waals surface area contributed by atoms with Crippen molar-refractivity contribution in [2.75, 3.05) is 30.4 Å². The van der Waals surface area contributed by atoms with E-state index in [-0.39, 0.29) is 13.1 Å². The van der Waals surface area contributed by atoms with Gasteiger partial charge in [-0.1, -0.05) is 6.92 Å². The fraction of sp³-hybridized carbons (Fsp3) is 0.455. The predicted molar refractivity (Wildman–Crippen MR) is 64.4 cm³/mol. The maximum Gasteiger partial charge on any atom is 0.139 e. The summed E-state index contributed by atoms with van der Waals surface area (Å²) in [6.45, 7) is 2.27. The van der Waals surface area contributed by atoms with Crippen molar-refractivity contribution in [3.63, 3.8) is 0 Å². The van der Waals surface area contributed by atoms with E-state index >= 15 is 0 Å². The Kier molecular flexibility index (Phi) is 4.71. The molecule has 0 fully saturated rings. The number of anilines is 2. The molecule has 1 N–H and O–H groups in total. The summed E-state index contributed by atoms with van der Waals surface area (Å²) in [4.78, 5) is 9.93. The molecule has 0 aliphatic rings. The number of nitriles is 2. The van der Waals surface area contributed by atoms with Gasteiger partial charge in [-0.3, -0.25) is 0 Å². The summed E-state index contributed by atoms with van der Waals surface area (Å²) in [5.41, 5.74) is 0.917. The Bertz CT molecular complexity index is 440. The summed E-state index contributed by atoms with van der Waals surface area (Å²) < 4.78 is 0. The second-order valence-electron chi connectivity index (χ2n) is 3.30. The zero-order valence-corrected chi connectivity index (χ0v) is 9.93. The molecule has 0 aromatic carbocycles. The molecule has 1 aromatic heterocycles. The Labute approximate surface area is 101 Å². The first-order valence-corrected chi connectivity index (χ1v) is 5.28. The Morgan fingerprint density at radius 1 is 1.29 bits per heavy atom. The number of nitrogens with one attached hydrogen (secondary N) is 1. The molecular formula is C11H14N6. The smallest absolute Gasteiger partial charge is 0.139 e. The van der Waals surface area contributed by atoms with Gasteiger partial charge in [0.25, 0.3) is 0 Å². The van der Waals surface area contributed by atoms with Crippen LogP contribution in [0.1, 0.15) is 12.5 Å². The molecule has 0 amide bonds. The largest absolute Gasteiger partial charge is 0.373 e. The molecule has 6 heteroatoms. The highest BCUT2D eigenvalue weighted by Gasteiger charge is 2.14. The molecule has 17 heavy (non-hydrogen) atoms. The van der Waals surface area contributed by atoms with Crippen LogP contribution in [0.25, 0.3) is 0 Å². The van der Waals surface area contributed by atoms with E-state index in [0.717, 1.165) is 17.8 Å². The quantitative estimate of drug-likeness (QED) is 0.757. The maximum absolute atomic E-state index is 8.75. The fourth-order valence-electron chi connectivity index (χ4n) is 1.59. The van der Waals surface area contributed by atoms with E-state index in [0.29, 0.717) is 5.82 Å². The summed E-state index contributed by atoms with van der Waals surface area (Å²) >= 11 is 0. The van der Waals surface area contributed by atoms with Crippen LogP contribution in [0.2, 0.25) is 0 Å².